The molecule has 3 atom stereocenters. The Morgan fingerprint density at radius 3 is 2.94 bits per heavy atom. The van der Waals surface area contributed by atoms with Crippen LogP contribution in [0.3, 0.4) is 0 Å². The maximum atomic E-state index is 5.33. The quantitative estimate of drug-likeness (QED) is 0.769. The van der Waals surface area contributed by atoms with Crippen LogP contribution in [0.2, 0.25) is 0 Å². The topological polar surface area (TPSA) is 24.5 Å². The Hall–Kier alpha value is -0.120. The second kappa shape index (κ2) is 6.72. The predicted octanol–water partition coefficient (Wildman–Crippen LogP) is 2.02. The first-order chi connectivity index (χ1) is 8.35. The third kappa shape index (κ3) is 3.43. The van der Waals surface area contributed by atoms with E-state index >= 15 is 0 Å². The lowest BCUT2D eigenvalue weighted by Gasteiger charge is -2.34. The van der Waals surface area contributed by atoms with Crippen LogP contribution < -0.4 is 5.32 Å². The highest BCUT2D eigenvalue weighted by atomic mass is 16.5. The fourth-order valence-corrected chi connectivity index (χ4v) is 3.51. The van der Waals surface area contributed by atoms with Crippen molar-refractivity contribution in [2.24, 2.45) is 0 Å². The SMILES string of the molecule is CCCC(COC)NC1CCN2CCCCC12. The zero-order chi connectivity index (χ0) is 12.1. The smallest absolute Gasteiger partial charge is 0.0615 e. The average molecular weight is 240 g/mol. The van der Waals surface area contributed by atoms with Gasteiger partial charge in [0.15, 0.2) is 0 Å². The Balaban J connectivity index is 1.84. The highest BCUT2D eigenvalue weighted by molar-refractivity contribution is 4.95. The molecule has 0 bridgehead atoms. The zero-order valence-corrected chi connectivity index (χ0v) is 11.5. The summed E-state index contributed by atoms with van der Waals surface area (Å²) in [4.78, 5) is 2.69. The maximum absolute atomic E-state index is 5.33. The van der Waals surface area contributed by atoms with Gasteiger partial charge in [-0.2, -0.15) is 0 Å². The lowest BCUT2D eigenvalue weighted by Crippen LogP contribution is -2.49. The molecule has 2 fully saturated rings. The molecule has 0 aromatic heterocycles. The summed E-state index contributed by atoms with van der Waals surface area (Å²) in [5.74, 6) is 0. The number of piperidine rings is 1. The molecule has 0 saturated carbocycles. The minimum Gasteiger partial charge on any atom is -0.383 e. The molecule has 100 valence electrons. The highest BCUT2D eigenvalue weighted by Crippen LogP contribution is 2.27. The Morgan fingerprint density at radius 2 is 2.18 bits per heavy atom. The van der Waals surface area contributed by atoms with Crippen molar-refractivity contribution < 1.29 is 4.74 Å². The summed E-state index contributed by atoms with van der Waals surface area (Å²) in [5, 5.41) is 3.85. The van der Waals surface area contributed by atoms with Gasteiger partial charge < -0.3 is 10.1 Å². The number of nitrogens with zero attached hydrogens (tertiary/aromatic N) is 1. The average Bonchev–Trinajstić information content (AvgIpc) is 2.74. The molecule has 17 heavy (non-hydrogen) atoms. The van der Waals surface area contributed by atoms with Crippen molar-refractivity contribution in [3.8, 4) is 0 Å². The first-order valence-electron chi connectivity index (χ1n) is 7.34. The number of methoxy groups -OCH3 is 1. The van der Waals surface area contributed by atoms with E-state index in [-0.39, 0.29) is 0 Å². The molecule has 2 heterocycles. The summed E-state index contributed by atoms with van der Waals surface area (Å²) in [5.41, 5.74) is 0. The fraction of sp³-hybridized carbons (Fsp3) is 1.00. The van der Waals surface area contributed by atoms with Crippen LogP contribution in [0.1, 0.15) is 45.4 Å². The molecule has 2 aliphatic heterocycles. The van der Waals surface area contributed by atoms with Crippen molar-refractivity contribution in [3.63, 3.8) is 0 Å². The standard InChI is InChI=1S/C14H28N2O/c1-3-6-12(11-17-2)15-13-8-10-16-9-5-4-7-14(13)16/h12-15H,3-11H2,1-2H3. The molecule has 0 spiro atoms. The minimum absolute atomic E-state index is 0.553. The van der Waals surface area contributed by atoms with Gasteiger partial charge in [-0.3, -0.25) is 4.90 Å². The Kier molecular flexibility index (Phi) is 5.26. The molecule has 0 amide bonds. The summed E-state index contributed by atoms with van der Waals surface area (Å²) in [7, 11) is 1.81. The Bertz CT molecular complexity index is 216. The summed E-state index contributed by atoms with van der Waals surface area (Å²) in [6.45, 7) is 5.74. The monoisotopic (exact) mass is 240 g/mol. The van der Waals surface area contributed by atoms with Gasteiger partial charge in [0.25, 0.3) is 0 Å². The molecular formula is C14H28N2O. The van der Waals surface area contributed by atoms with E-state index in [9.17, 15) is 0 Å². The molecule has 2 rings (SSSR count). The number of ether oxygens (including phenoxy) is 1. The van der Waals surface area contributed by atoms with Crippen LogP contribution in [0.15, 0.2) is 0 Å². The van der Waals surface area contributed by atoms with E-state index < -0.39 is 0 Å². The molecule has 0 aliphatic carbocycles. The van der Waals surface area contributed by atoms with E-state index in [0.717, 1.165) is 12.6 Å². The first kappa shape index (κ1) is 13.3. The highest BCUT2D eigenvalue weighted by Gasteiger charge is 2.35. The van der Waals surface area contributed by atoms with Gasteiger partial charge in [0.1, 0.15) is 0 Å². The number of rotatable bonds is 6. The van der Waals surface area contributed by atoms with E-state index in [1.807, 2.05) is 7.11 Å². The molecule has 2 aliphatic rings. The van der Waals surface area contributed by atoms with Gasteiger partial charge >= 0.3 is 0 Å². The number of nitrogens with one attached hydrogen (secondary N) is 1. The first-order valence-corrected chi connectivity index (χ1v) is 7.34. The summed E-state index contributed by atoms with van der Waals surface area (Å²) in [6, 6.07) is 2.07. The van der Waals surface area contributed by atoms with E-state index in [1.54, 1.807) is 0 Å². The van der Waals surface area contributed by atoms with Crippen LogP contribution in [0.25, 0.3) is 0 Å². The maximum Gasteiger partial charge on any atom is 0.0615 e. The third-order valence-electron chi connectivity index (χ3n) is 4.31. The predicted molar refractivity (Wildman–Crippen MR) is 71.3 cm³/mol. The van der Waals surface area contributed by atoms with Crippen molar-refractivity contribution in [3.05, 3.63) is 0 Å². The molecule has 0 aromatic rings. The summed E-state index contributed by atoms with van der Waals surface area (Å²) >= 11 is 0. The number of hydrogen-bond acceptors (Lipinski definition) is 3. The molecule has 2 saturated heterocycles. The second-order valence-corrected chi connectivity index (χ2v) is 5.60. The fourth-order valence-electron chi connectivity index (χ4n) is 3.51. The van der Waals surface area contributed by atoms with Crippen molar-refractivity contribution in [1.29, 1.82) is 0 Å². The Labute approximate surface area is 106 Å². The van der Waals surface area contributed by atoms with E-state index in [1.165, 1.54) is 51.6 Å². The van der Waals surface area contributed by atoms with Crippen LogP contribution in [0.5, 0.6) is 0 Å². The van der Waals surface area contributed by atoms with Gasteiger partial charge in [0, 0.05) is 31.8 Å². The van der Waals surface area contributed by atoms with Crippen LogP contribution in [-0.4, -0.2) is 49.8 Å². The molecule has 3 unspecified atom stereocenters. The van der Waals surface area contributed by atoms with Crippen LogP contribution in [0, 0.1) is 0 Å². The van der Waals surface area contributed by atoms with Crippen molar-refractivity contribution in [1.82, 2.24) is 10.2 Å². The minimum atomic E-state index is 0.553. The van der Waals surface area contributed by atoms with E-state index in [0.29, 0.717) is 12.1 Å². The van der Waals surface area contributed by atoms with Crippen LogP contribution in [0.4, 0.5) is 0 Å². The molecule has 1 N–H and O–H groups in total. The second-order valence-electron chi connectivity index (χ2n) is 5.60. The van der Waals surface area contributed by atoms with E-state index in [4.69, 9.17) is 4.74 Å². The van der Waals surface area contributed by atoms with E-state index in [2.05, 4.69) is 17.1 Å². The van der Waals surface area contributed by atoms with Crippen molar-refractivity contribution in [2.75, 3.05) is 26.8 Å². The summed E-state index contributed by atoms with van der Waals surface area (Å²) < 4.78 is 5.33. The largest absolute Gasteiger partial charge is 0.383 e. The normalized spacial score (nSPS) is 31.4. The number of fused-ring (bicyclic) bond motifs is 1. The zero-order valence-electron chi connectivity index (χ0n) is 11.5. The third-order valence-corrected chi connectivity index (χ3v) is 4.31. The molecule has 3 heteroatoms. The lowest BCUT2D eigenvalue weighted by molar-refractivity contribution is 0.138. The van der Waals surface area contributed by atoms with Gasteiger partial charge in [0.05, 0.1) is 6.61 Å². The van der Waals surface area contributed by atoms with Crippen molar-refractivity contribution >= 4 is 0 Å². The lowest BCUT2D eigenvalue weighted by atomic mass is 9.98. The molecular weight excluding hydrogens is 212 g/mol. The molecule has 0 aromatic carbocycles. The van der Waals surface area contributed by atoms with Gasteiger partial charge in [0.2, 0.25) is 0 Å². The molecule has 0 radical (unpaired) electrons. The van der Waals surface area contributed by atoms with Gasteiger partial charge in [-0.15, -0.1) is 0 Å². The molecule has 3 nitrogen and oxygen atoms in total. The van der Waals surface area contributed by atoms with Crippen LogP contribution >= 0.6 is 0 Å². The van der Waals surface area contributed by atoms with Crippen molar-refractivity contribution in [2.45, 2.75) is 63.6 Å². The van der Waals surface area contributed by atoms with Crippen LogP contribution in [-0.2, 0) is 4.74 Å². The van der Waals surface area contributed by atoms with Gasteiger partial charge in [-0.1, -0.05) is 19.8 Å². The Morgan fingerprint density at radius 1 is 1.29 bits per heavy atom. The van der Waals surface area contributed by atoms with Gasteiger partial charge in [-0.05, 0) is 32.2 Å². The summed E-state index contributed by atoms with van der Waals surface area (Å²) in [6.07, 6.45) is 8.01. The number of hydrogen-bond donors (Lipinski definition) is 1. The van der Waals surface area contributed by atoms with Gasteiger partial charge in [-0.25, -0.2) is 0 Å².